The van der Waals surface area contributed by atoms with Crippen molar-refractivity contribution in [1.82, 2.24) is 9.97 Å². The van der Waals surface area contributed by atoms with Crippen molar-refractivity contribution in [2.45, 2.75) is 13.8 Å². The number of hydrogen-bond donors (Lipinski definition) is 1. The monoisotopic (exact) mass is 175 g/mol. The van der Waals surface area contributed by atoms with E-state index in [1.54, 1.807) is 0 Å². The lowest BCUT2D eigenvalue weighted by atomic mass is 10.1. The van der Waals surface area contributed by atoms with E-state index in [-0.39, 0.29) is 0 Å². The fraction of sp³-hybridized carbons (Fsp3) is 0.200. The van der Waals surface area contributed by atoms with E-state index in [0.717, 1.165) is 11.1 Å². The maximum Gasteiger partial charge on any atom is 0.116 e. The van der Waals surface area contributed by atoms with Crippen molar-refractivity contribution < 1.29 is 0 Å². The predicted molar refractivity (Wildman–Crippen MR) is 55.9 cm³/mol. The summed E-state index contributed by atoms with van der Waals surface area (Å²) in [7, 11) is 0. The molecule has 1 aromatic heterocycles. The minimum absolute atomic E-state index is 0.558. The molecule has 0 amide bonds. The fourth-order valence-electron chi connectivity index (χ4n) is 1.08. The number of aromatic nitrogens is 2. The Balaban J connectivity index is 3.35. The van der Waals surface area contributed by atoms with Crippen LogP contribution in [0.25, 0.3) is 11.1 Å². The van der Waals surface area contributed by atoms with Gasteiger partial charge in [0.15, 0.2) is 0 Å². The minimum atomic E-state index is 0.558. The molecular formula is C10H13N3. The quantitative estimate of drug-likeness (QED) is 0.749. The van der Waals surface area contributed by atoms with Crippen LogP contribution in [-0.4, -0.2) is 9.97 Å². The van der Waals surface area contributed by atoms with Gasteiger partial charge in [-0.2, -0.15) is 0 Å². The van der Waals surface area contributed by atoms with Crippen molar-refractivity contribution in [2.24, 2.45) is 0 Å². The zero-order valence-electron chi connectivity index (χ0n) is 7.96. The highest BCUT2D eigenvalue weighted by molar-refractivity contribution is 5.78. The minimum Gasteiger partial charge on any atom is -0.395 e. The van der Waals surface area contributed by atoms with Crippen molar-refractivity contribution in [2.75, 3.05) is 5.73 Å². The normalized spacial score (nSPS) is 9.69. The Morgan fingerprint density at radius 2 is 1.54 bits per heavy atom. The van der Waals surface area contributed by atoms with Gasteiger partial charge in [0.2, 0.25) is 0 Å². The van der Waals surface area contributed by atoms with E-state index in [2.05, 4.69) is 23.1 Å². The number of hydrogen-bond acceptors (Lipinski definition) is 3. The van der Waals surface area contributed by atoms with Crippen LogP contribution in [0.3, 0.4) is 0 Å². The standard InChI is InChI=1S/C10H13N3/c1-6(2)9-8(11)10(7(3)4)13-5-12-9/h5H,1,3,11H2,2,4H3. The second-order valence-electron chi connectivity index (χ2n) is 3.05. The molecule has 0 fully saturated rings. The predicted octanol–water partition coefficient (Wildman–Crippen LogP) is 2.12. The Bertz CT molecular complexity index is 334. The molecule has 68 valence electrons. The Labute approximate surface area is 78.0 Å². The average molecular weight is 175 g/mol. The van der Waals surface area contributed by atoms with Crippen LogP contribution in [-0.2, 0) is 0 Å². The first kappa shape index (κ1) is 9.45. The highest BCUT2D eigenvalue weighted by Gasteiger charge is 2.07. The Kier molecular flexibility index (Phi) is 2.46. The summed E-state index contributed by atoms with van der Waals surface area (Å²) in [4.78, 5) is 8.09. The summed E-state index contributed by atoms with van der Waals surface area (Å²) in [5.41, 5.74) is 9.47. The van der Waals surface area contributed by atoms with Crippen LogP contribution in [0.15, 0.2) is 19.5 Å². The smallest absolute Gasteiger partial charge is 0.116 e. The van der Waals surface area contributed by atoms with Crippen LogP contribution in [0.5, 0.6) is 0 Å². The lowest BCUT2D eigenvalue weighted by Crippen LogP contribution is -2.02. The topological polar surface area (TPSA) is 51.8 Å². The van der Waals surface area contributed by atoms with Crippen molar-refractivity contribution in [3.63, 3.8) is 0 Å². The third-order valence-electron chi connectivity index (χ3n) is 1.69. The number of nitrogens with two attached hydrogens (primary N) is 1. The molecule has 0 aliphatic heterocycles. The van der Waals surface area contributed by atoms with E-state index >= 15 is 0 Å². The third-order valence-corrected chi connectivity index (χ3v) is 1.69. The fourth-order valence-corrected chi connectivity index (χ4v) is 1.08. The van der Waals surface area contributed by atoms with Crippen molar-refractivity contribution >= 4 is 16.8 Å². The molecule has 1 rings (SSSR count). The van der Waals surface area contributed by atoms with Gasteiger partial charge in [-0.15, -0.1) is 0 Å². The molecule has 0 unspecified atom stereocenters. The molecule has 0 aliphatic rings. The maximum absolute atomic E-state index is 5.84. The Hall–Kier alpha value is -1.64. The van der Waals surface area contributed by atoms with Crippen LogP contribution < -0.4 is 5.73 Å². The van der Waals surface area contributed by atoms with Gasteiger partial charge in [-0.05, 0) is 25.0 Å². The Morgan fingerprint density at radius 3 is 1.85 bits per heavy atom. The molecule has 0 aromatic carbocycles. The number of allylic oxidation sites excluding steroid dienone is 2. The molecule has 0 aliphatic carbocycles. The molecule has 0 spiro atoms. The van der Waals surface area contributed by atoms with E-state index in [4.69, 9.17) is 5.73 Å². The highest BCUT2D eigenvalue weighted by atomic mass is 14.9. The first-order chi connectivity index (χ1) is 6.04. The largest absolute Gasteiger partial charge is 0.395 e. The summed E-state index contributed by atoms with van der Waals surface area (Å²) < 4.78 is 0. The van der Waals surface area contributed by atoms with Gasteiger partial charge in [-0.3, -0.25) is 0 Å². The van der Waals surface area contributed by atoms with Crippen LogP contribution in [0, 0.1) is 0 Å². The van der Waals surface area contributed by atoms with Gasteiger partial charge in [0, 0.05) is 0 Å². The van der Waals surface area contributed by atoms with Crippen molar-refractivity contribution in [3.8, 4) is 0 Å². The molecule has 1 aromatic rings. The zero-order valence-corrected chi connectivity index (χ0v) is 7.96. The van der Waals surface area contributed by atoms with Gasteiger partial charge >= 0.3 is 0 Å². The van der Waals surface area contributed by atoms with Gasteiger partial charge in [0.1, 0.15) is 6.33 Å². The Morgan fingerprint density at radius 1 is 1.15 bits per heavy atom. The summed E-state index contributed by atoms with van der Waals surface area (Å²) in [5.74, 6) is 0. The molecule has 0 atom stereocenters. The van der Waals surface area contributed by atoms with E-state index in [1.807, 2.05) is 13.8 Å². The lowest BCUT2D eigenvalue weighted by molar-refractivity contribution is 1.12. The molecule has 0 saturated carbocycles. The molecule has 0 saturated heterocycles. The van der Waals surface area contributed by atoms with Gasteiger partial charge in [-0.25, -0.2) is 9.97 Å². The van der Waals surface area contributed by atoms with E-state index in [1.165, 1.54) is 6.33 Å². The number of rotatable bonds is 2. The molecule has 1 heterocycles. The van der Waals surface area contributed by atoms with Crippen LogP contribution in [0.2, 0.25) is 0 Å². The highest BCUT2D eigenvalue weighted by Crippen LogP contribution is 2.23. The number of nitrogen functional groups attached to an aromatic ring is 1. The van der Waals surface area contributed by atoms with Crippen molar-refractivity contribution in [1.29, 1.82) is 0 Å². The van der Waals surface area contributed by atoms with Crippen LogP contribution in [0.4, 0.5) is 5.69 Å². The molecule has 0 radical (unpaired) electrons. The second kappa shape index (κ2) is 3.39. The SMILES string of the molecule is C=C(C)c1ncnc(C(=C)C)c1N. The molecular weight excluding hydrogens is 162 g/mol. The first-order valence-corrected chi connectivity index (χ1v) is 3.96. The summed E-state index contributed by atoms with van der Waals surface area (Å²) >= 11 is 0. The molecule has 2 N–H and O–H groups in total. The molecule has 0 bridgehead atoms. The summed E-state index contributed by atoms with van der Waals surface area (Å²) in [6.07, 6.45) is 1.48. The van der Waals surface area contributed by atoms with Gasteiger partial charge in [0.25, 0.3) is 0 Å². The second-order valence-corrected chi connectivity index (χ2v) is 3.05. The van der Waals surface area contributed by atoms with E-state index in [9.17, 15) is 0 Å². The van der Waals surface area contributed by atoms with Gasteiger partial charge in [0.05, 0.1) is 17.1 Å². The summed E-state index contributed by atoms with van der Waals surface area (Å²) in [5, 5.41) is 0. The van der Waals surface area contributed by atoms with E-state index in [0.29, 0.717) is 17.1 Å². The number of nitrogens with zero attached hydrogens (tertiary/aromatic N) is 2. The molecule has 3 nitrogen and oxygen atoms in total. The summed E-state index contributed by atoms with van der Waals surface area (Å²) in [6, 6.07) is 0. The van der Waals surface area contributed by atoms with Crippen LogP contribution in [0.1, 0.15) is 25.2 Å². The maximum atomic E-state index is 5.84. The van der Waals surface area contributed by atoms with Crippen LogP contribution >= 0.6 is 0 Å². The number of anilines is 1. The van der Waals surface area contributed by atoms with Crippen molar-refractivity contribution in [3.05, 3.63) is 30.9 Å². The first-order valence-electron chi connectivity index (χ1n) is 3.96. The van der Waals surface area contributed by atoms with Gasteiger partial charge < -0.3 is 5.73 Å². The molecule has 13 heavy (non-hydrogen) atoms. The van der Waals surface area contributed by atoms with Gasteiger partial charge in [-0.1, -0.05) is 13.2 Å². The van der Waals surface area contributed by atoms with E-state index < -0.39 is 0 Å². The molecule has 3 heteroatoms. The third kappa shape index (κ3) is 1.75. The summed E-state index contributed by atoms with van der Waals surface area (Å²) in [6.45, 7) is 11.3. The average Bonchev–Trinajstić information content (AvgIpc) is 2.03. The lowest BCUT2D eigenvalue weighted by Gasteiger charge is -2.07. The zero-order chi connectivity index (χ0) is 10.0.